The molecule has 2 atom stereocenters. The molecule has 0 aliphatic heterocycles. The molecular weight excluding hydrogens is 238 g/mol. The van der Waals surface area contributed by atoms with Crippen molar-refractivity contribution in [3.8, 4) is 0 Å². The topological polar surface area (TPSA) is 54.9 Å². The van der Waals surface area contributed by atoms with Crippen LogP contribution in [-0.2, 0) is 0 Å². The lowest BCUT2D eigenvalue weighted by atomic mass is 10.1. The SMILES string of the molecule is CC1CCC(NC(=O)c2ccc3nccnc3c2)C1. The Labute approximate surface area is 112 Å². The first-order chi connectivity index (χ1) is 9.22. The van der Waals surface area contributed by atoms with Crippen LogP contribution in [-0.4, -0.2) is 21.9 Å². The summed E-state index contributed by atoms with van der Waals surface area (Å²) < 4.78 is 0. The fourth-order valence-corrected chi connectivity index (χ4v) is 2.71. The molecule has 2 aromatic rings. The first-order valence-electron chi connectivity index (χ1n) is 6.74. The molecule has 1 saturated carbocycles. The van der Waals surface area contributed by atoms with Crippen molar-refractivity contribution in [1.82, 2.24) is 15.3 Å². The van der Waals surface area contributed by atoms with E-state index in [2.05, 4.69) is 22.2 Å². The molecule has 2 unspecified atom stereocenters. The lowest BCUT2D eigenvalue weighted by Gasteiger charge is -2.12. The van der Waals surface area contributed by atoms with Crippen LogP contribution in [0.4, 0.5) is 0 Å². The number of carbonyl (C=O) groups excluding carboxylic acids is 1. The van der Waals surface area contributed by atoms with Crippen LogP contribution in [0.25, 0.3) is 11.0 Å². The van der Waals surface area contributed by atoms with Crippen molar-refractivity contribution in [1.29, 1.82) is 0 Å². The van der Waals surface area contributed by atoms with Gasteiger partial charge in [0, 0.05) is 24.0 Å². The summed E-state index contributed by atoms with van der Waals surface area (Å²) in [7, 11) is 0. The molecule has 1 aliphatic rings. The van der Waals surface area contributed by atoms with Crippen molar-refractivity contribution in [2.45, 2.75) is 32.2 Å². The zero-order valence-corrected chi connectivity index (χ0v) is 11.0. The van der Waals surface area contributed by atoms with E-state index in [0.717, 1.165) is 23.9 Å². The maximum atomic E-state index is 12.2. The van der Waals surface area contributed by atoms with Crippen LogP contribution < -0.4 is 5.32 Å². The Morgan fingerprint density at radius 1 is 1.21 bits per heavy atom. The number of hydrogen-bond donors (Lipinski definition) is 1. The van der Waals surface area contributed by atoms with E-state index in [9.17, 15) is 4.79 Å². The highest BCUT2D eigenvalue weighted by Gasteiger charge is 2.23. The van der Waals surface area contributed by atoms with Gasteiger partial charge >= 0.3 is 0 Å². The number of nitrogens with one attached hydrogen (secondary N) is 1. The predicted molar refractivity (Wildman–Crippen MR) is 73.8 cm³/mol. The summed E-state index contributed by atoms with van der Waals surface area (Å²) in [6, 6.07) is 5.77. The Balaban J connectivity index is 1.77. The summed E-state index contributed by atoms with van der Waals surface area (Å²) in [5.74, 6) is 0.708. The third kappa shape index (κ3) is 2.57. The van der Waals surface area contributed by atoms with Gasteiger partial charge in [0.2, 0.25) is 0 Å². The molecule has 19 heavy (non-hydrogen) atoms. The largest absolute Gasteiger partial charge is 0.349 e. The Bertz CT molecular complexity index is 611. The number of carbonyl (C=O) groups is 1. The smallest absolute Gasteiger partial charge is 0.251 e. The van der Waals surface area contributed by atoms with Gasteiger partial charge in [-0.05, 0) is 43.4 Å². The number of fused-ring (bicyclic) bond motifs is 1. The van der Waals surface area contributed by atoms with Gasteiger partial charge in [-0.2, -0.15) is 0 Å². The Kier molecular flexibility index (Phi) is 3.15. The van der Waals surface area contributed by atoms with Crippen molar-refractivity contribution in [2.24, 2.45) is 5.92 Å². The fourth-order valence-electron chi connectivity index (χ4n) is 2.71. The average molecular weight is 255 g/mol. The van der Waals surface area contributed by atoms with Gasteiger partial charge < -0.3 is 5.32 Å². The van der Waals surface area contributed by atoms with Crippen LogP contribution in [0, 0.1) is 5.92 Å². The number of amides is 1. The predicted octanol–water partition coefficient (Wildman–Crippen LogP) is 2.55. The van der Waals surface area contributed by atoms with Gasteiger partial charge in [0.05, 0.1) is 11.0 Å². The zero-order valence-electron chi connectivity index (χ0n) is 11.0. The van der Waals surface area contributed by atoms with E-state index in [1.54, 1.807) is 18.5 Å². The first kappa shape index (κ1) is 12.1. The van der Waals surface area contributed by atoms with Crippen LogP contribution >= 0.6 is 0 Å². The third-order valence-electron chi connectivity index (χ3n) is 3.76. The van der Waals surface area contributed by atoms with Crippen molar-refractivity contribution in [3.05, 3.63) is 36.2 Å². The molecule has 1 amide bonds. The molecule has 4 nitrogen and oxygen atoms in total. The molecule has 1 fully saturated rings. The summed E-state index contributed by atoms with van der Waals surface area (Å²) in [5.41, 5.74) is 2.23. The molecule has 1 aliphatic carbocycles. The van der Waals surface area contributed by atoms with Crippen LogP contribution in [0.1, 0.15) is 36.5 Å². The van der Waals surface area contributed by atoms with E-state index in [1.807, 2.05) is 12.1 Å². The summed E-state index contributed by atoms with van der Waals surface area (Å²) in [6.45, 7) is 2.23. The average Bonchev–Trinajstić information content (AvgIpc) is 2.83. The summed E-state index contributed by atoms with van der Waals surface area (Å²) >= 11 is 0. The highest BCUT2D eigenvalue weighted by molar-refractivity contribution is 5.97. The van der Waals surface area contributed by atoms with Gasteiger partial charge in [0.25, 0.3) is 5.91 Å². The van der Waals surface area contributed by atoms with Crippen LogP contribution in [0.15, 0.2) is 30.6 Å². The van der Waals surface area contributed by atoms with Crippen molar-refractivity contribution >= 4 is 16.9 Å². The Morgan fingerprint density at radius 3 is 2.74 bits per heavy atom. The van der Waals surface area contributed by atoms with Crippen LogP contribution in [0.3, 0.4) is 0 Å². The first-order valence-corrected chi connectivity index (χ1v) is 6.74. The summed E-state index contributed by atoms with van der Waals surface area (Å²) in [4.78, 5) is 20.6. The van der Waals surface area contributed by atoms with Crippen molar-refractivity contribution in [3.63, 3.8) is 0 Å². The zero-order chi connectivity index (χ0) is 13.2. The van der Waals surface area contributed by atoms with Gasteiger partial charge in [-0.1, -0.05) is 6.92 Å². The monoisotopic (exact) mass is 255 g/mol. The van der Waals surface area contributed by atoms with Crippen molar-refractivity contribution in [2.75, 3.05) is 0 Å². The Morgan fingerprint density at radius 2 is 2.00 bits per heavy atom. The van der Waals surface area contributed by atoms with E-state index in [1.165, 1.54) is 6.42 Å². The number of rotatable bonds is 2. The van der Waals surface area contributed by atoms with Gasteiger partial charge in [0.1, 0.15) is 0 Å². The number of nitrogens with zero attached hydrogens (tertiary/aromatic N) is 2. The lowest BCUT2D eigenvalue weighted by molar-refractivity contribution is 0.0937. The van der Waals surface area contributed by atoms with Gasteiger partial charge in [0.15, 0.2) is 0 Å². The summed E-state index contributed by atoms with van der Waals surface area (Å²) in [5, 5.41) is 3.10. The van der Waals surface area contributed by atoms with E-state index in [4.69, 9.17) is 0 Å². The standard InChI is InChI=1S/C15H17N3O/c1-10-2-4-12(8-10)18-15(19)11-3-5-13-14(9-11)17-7-6-16-13/h3,5-7,9-10,12H,2,4,8H2,1H3,(H,18,19). The minimum Gasteiger partial charge on any atom is -0.349 e. The van der Waals surface area contributed by atoms with E-state index in [0.29, 0.717) is 17.5 Å². The molecular formula is C15H17N3O. The molecule has 4 heteroatoms. The molecule has 98 valence electrons. The van der Waals surface area contributed by atoms with Crippen LogP contribution in [0.5, 0.6) is 0 Å². The van der Waals surface area contributed by atoms with Gasteiger partial charge in [-0.3, -0.25) is 14.8 Å². The normalized spacial score (nSPS) is 22.6. The summed E-state index contributed by atoms with van der Waals surface area (Å²) in [6.07, 6.45) is 6.66. The number of hydrogen-bond acceptors (Lipinski definition) is 3. The molecule has 1 heterocycles. The molecule has 0 bridgehead atoms. The highest BCUT2D eigenvalue weighted by atomic mass is 16.1. The molecule has 0 spiro atoms. The van der Waals surface area contributed by atoms with E-state index >= 15 is 0 Å². The third-order valence-corrected chi connectivity index (χ3v) is 3.76. The van der Waals surface area contributed by atoms with Crippen molar-refractivity contribution < 1.29 is 4.79 Å². The van der Waals surface area contributed by atoms with Crippen LogP contribution in [0.2, 0.25) is 0 Å². The van der Waals surface area contributed by atoms with Gasteiger partial charge in [-0.15, -0.1) is 0 Å². The molecule has 0 radical (unpaired) electrons. The number of benzene rings is 1. The van der Waals surface area contributed by atoms with Gasteiger partial charge in [-0.25, -0.2) is 0 Å². The fraction of sp³-hybridized carbons (Fsp3) is 0.400. The second-order valence-electron chi connectivity index (χ2n) is 5.35. The maximum Gasteiger partial charge on any atom is 0.251 e. The minimum atomic E-state index is -0.00773. The maximum absolute atomic E-state index is 12.2. The number of aromatic nitrogens is 2. The second kappa shape index (κ2) is 4.96. The second-order valence-corrected chi connectivity index (χ2v) is 5.35. The molecule has 3 rings (SSSR count). The quantitative estimate of drug-likeness (QED) is 0.897. The highest BCUT2D eigenvalue weighted by Crippen LogP contribution is 2.24. The molecule has 1 N–H and O–H groups in total. The van der Waals surface area contributed by atoms with E-state index in [-0.39, 0.29) is 5.91 Å². The minimum absolute atomic E-state index is 0.00773. The Hall–Kier alpha value is -1.97. The molecule has 0 saturated heterocycles. The van der Waals surface area contributed by atoms with E-state index < -0.39 is 0 Å². The lowest BCUT2D eigenvalue weighted by Crippen LogP contribution is -2.32. The molecule has 1 aromatic heterocycles. The molecule has 1 aromatic carbocycles.